The van der Waals surface area contributed by atoms with Crippen molar-refractivity contribution in [1.29, 1.82) is 0 Å². The third-order valence-electron chi connectivity index (χ3n) is 2.99. The average Bonchev–Trinajstić information content (AvgIpc) is 2.51. The van der Waals surface area contributed by atoms with E-state index in [0.29, 0.717) is 0 Å². The van der Waals surface area contributed by atoms with Crippen LogP contribution in [-0.4, -0.2) is 56.1 Å². The molecule has 1 aromatic carbocycles. The van der Waals surface area contributed by atoms with Crippen LogP contribution in [0.1, 0.15) is 17.3 Å². The van der Waals surface area contributed by atoms with Crippen LogP contribution in [-0.2, 0) is 9.53 Å². The Kier molecular flexibility index (Phi) is 5.88. The van der Waals surface area contributed by atoms with Gasteiger partial charge < -0.3 is 19.1 Å². The van der Waals surface area contributed by atoms with Crippen molar-refractivity contribution in [3.05, 3.63) is 27.8 Å². The first-order chi connectivity index (χ1) is 10.7. The highest BCUT2D eigenvalue weighted by Gasteiger charge is 2.28. The number of ether oxygens (including phenoxy) is 3. The van der Waals surface area contributed by atoms with Gasteiger partial charge in [0, 0.05) is 20.2 Å². The van der Waals surface area contributed by atoms with Crippen LogP contribution >= 0.6 is 0 Å². The summed E-state index contributed by atoms with van der Waals surface area (Å²) >= 11 is 0. The van der Waals surface area contributed by atoms with Crippen LogP contribution < -0.4 is 9.47 Å². The van der Waals surface area contributed by atoms with Crippen molar-refractivity contribution in [2.75, 3.05) is 28.3 Å². The van der Waals surface area contributed by atoms with Gasteiger partial charge in [0.2, 0.25) is 0 Å². The van der Waals surface area contributed by atoms with E-state index in [2.05, 4.69) is 0 Å². The number of carbonyl (C=O) groups excluding carboxylic acids is 2. The molecule has 126 valence electrons. The van der Waals surface area contributed by atoms with Gasteiger partial charge in [-0.25, -0.2) is 4.79 Å². The Morgan fingerprint density at radius 1 is 1.17 bits per heavy atom. The molecule has 9 nitrogen and oxygen atoms in total. The zero-order valence-electron chi connectivity index (χ0n) is 13.5. The van der Waals surface area contributed by atoms with Gasteiger partial charge in [0.05, 0.1) is 25.2 Å². The van der Waals surface area contributed by atoms with E-state index in [-0.39, 0.29) is 17.1 Å². The monoisotopic (exact) mass is 326 g/mol. The number of methoxy groups -OCH3 is 2. The summed E-state index contributed by atoms with van der Waals surface area (Å²) in [4.78, 5) is 35.6. The number of nitrogens with zero attached hydrogens (tertiary/aromatic N) is 2. The van der Waals surface area contributed by atoms with Gasteiger partial charge in [0.1, 0.15) is 5.56 Å². The van der Waals surface area contributed by atoms with E-state index in [9.17, 15) is 19.7 Å². The highest BCUT2D eigenvalue weighted by atomic mass is 16.6. The molecule has 0 aliphatic carbocycles. The van der Waals surface area contributed by atoms with Crippen LogP contribution in [0.2, 0.25) is 0 Å². The molecule has 0 radical (unpaired) electrons. The predicted octanol–water partition coefficient (Wildman–Crippen LogP) is 1.25. The quantitative estimate of drug-likeness (QED) is 0.439. The summed E-state index contributed by atoms with van der Waals surface area (Å²) in [5, 5.41) is 11.1. The third-order valence-corrected chi connectivity index (χ3v) is 2.99. The normalized spacial score (nSPS) is 11.3. The number of nitro groups is 1. The lowest BCUT2D eigenvalue weighted by molar-refractivity contribution is -0.385. The standard InChI is InChI=1S/C14H18N2O7/c1-8(13(17)15(2)3)23-14(18)9-6-11(21-4)12(22-5)7-10(9)16(19)20/h6-8H,1-5H3/t8-/m1/s1. The lowest BCUT2D eigenvalue weighted by Gasteiger charge is -2.17. The number of likely N-dealkylation sites (N-methyl/N-ethyl adjacent to an activating group) is 1. The Balaban J connectivity index is 3.22. The van der Waals surface area contributed by atoms with E-state index in [1.807, 2.05) is 0 Å². The molecule has 0 N–H and O–H groups in total. The van der Waals surface area contributed by atoms with Gasteiger partial charge in [0.15, 0.2) is 17.6 Å². The van der Waals surface area contributed by atoms with Crippen molar-refractivity contribution in [3.63, 3.8) is 0 Å². The zero-order chi connectivity index (χ0) is 17.7. The van der Waals surface area contributed by atoms with E-state index in [4.69, 9.17) is 14.2 Å². The first-order valence-corrected chi connectivity index (χ1v) is 6.55. The van der Waals surface area contributed by atoms with Crippen LogP contribution in [0.3, 0.4) is 0 Å². The minimum Gasteiger partial charge on any atom is -0.493 e. The van der Waals surface area contributed by atoms with Crippen molar-refractivity contribution >= 4 is 17.6 Å². The van der Waals surface area contributed by atoms with Crippen LogP contribution in [0.15, 0.2) is 12.1 Å². The van der Waals surface area contributed by atoms with Gasteiger partial charge in [-0.2, -0.15) is 0 Å². The first-order valence-electron chi connectivity index (χ1n) is 6.55. The van der Waals surface area contributed by atoms with Crippen molar-refractivity contribution in [3.8, 4) is 11.5 Å². The molecular formula is C14H18N2O7. The maximum Gasteiger partial charge on any atom is 0.346 e. The van der Waals surface area contributed by atoms with Crippen molar-refractivity contribution in [2.45, 2.75) is 13.0 Å². The molecule has 0 aromatic heterocycles. The summed E-state index contributed by atoms with van der Waals surface area (Å²) in [5.74, 6) is -1.20. The molecular weight excluding hydrogens is 308 g/mol. The van der Waals surface area contributed by atoms with Crippen LogP contribution in [0.25, 0.3) is 0 Å². The fourth-order valence-electron chi connectivity index (χ4n) is 1.82. The average molecular weight is 326 g/mol. The molecule has 1 aromatic rings. The fourth-order valence-corrected chi connectivity index (χ4v) is 1.82. The molecule has 0 aliphatic rings. The summed E-state index contributed by atoms with van der Waals surface area (Å²) < 4.78 is 15.0. The highest BCUT2D eigenvalue weighted by Crippen LogP contribution is 2.34. The van der Waals surface area contributed by atoms with E-state index in [0.717, 1.165) is 12.1 Å². The number of carbonyl (C=O) groups is 2. The third kappa shape index (κ3) is 4.09. The molecule has 1 rings (SSSR count). The molecule has 0 spiro atoms. The number of amides is 1. The van der Waals surface area contributed by atoms with Gasteiger partial charge >= 0.3 is 5.97 Å². The summed E-state index contributed by atoms with van der Waals surface area (Å²) in [6, 6.07) is 2.21. The summed E-state index contributed by atoms with van der Waals surface area (Å²) in [6.45, 7) is 1.38. The van der Waals surface area contributed by atoms with Crippen LogP contribution in [0.5, 0.6) is 11.5 Å². The summed E-state index contributed by atoms with van der Waals surface area (Å²) in [7, 11) is 5.66. The lowest BCUT2D eigenvalue weighted by atomic mass is 10.1. The number of esters is 1. The molecule has 0 saturated carbocycles. The minimum atomic E-state index is -1.08. The number of benzene rings is 1. The summed E-state index contributed by atoms with van der Waals surface area (Å²) in [5.41, 5.74) is -0.830. The van der Waals surface area contributed by atoms with Gasteiger partial charge in [-0.1, -0.05) is 0 Å². The van der Waals surface area contributed by atoms with Gasteiger partial charge in [0.25, 0.3) is 11.6 Å². The molecule has 0 unspecified atom stereocenters. The highest BCUT2D eigenvalue weighted by molar-refractivity contribution is 5.96. The molecule has 1 atom stereocenters. The van der Waals surface area contributed by atoms with Crippen LogP contribution in [0.4, 0.5) is 5.69 Å². The second-order valence-corrected chi connectivity index (χ2v) is 4.76. The Hall–Kier alpha value is -2.84. The molecule has 9 heteroatoms. The lowest BCUT2D eigenvalue weighted by Crippen LogP contribution is -2.35. The second kappa shape index (κ2) is 7.43. The number of hydrogen-bond acceptors (Lipinski definition) is 7. The van der Waals surface area contributed by atoms with Crippen LogP contribution in [0, 0.1) is 10.1 Å². The molecule has 0 fully saturated rings. The number of hydrogen-bond donors (Lipinski definition) is 0. The first kappa shape index (κ1) is 18.2. The van der Waals surface area contributed by atoms with E-state index < -0.39 is 28.6 Å². The maximum absolute atomic E-state index is 12.2. The SMILES string of the molecule is COc1cc(C(=O)O[C@H](C)C(=O)N(C)C)c([N+](=O)[O-])cc1OC. The molecule has 0 aliphatic heterocycles. The Morgan fingerprint density at radius 3 is 2.13 bits per heavy atom. The van der Waals surface area contributed by atoms with E-state index in [1.54, 1.807) is 0 Å². The molecule has 0 saturated heterocycles. The molecule has 0 heterocycles. The minimum absolute atomic E-state index is 0.105. The zero-order valence-corrected chi connectivity index (χ0v) is 13.5. The Morgan fingerprint density at radius 2 is 1.70 bits per heavy atom. The smallest absolute Gasteiger partial charge is 0.346 e. The molecule has 0 bridgehead atoms. The summed E-state index contributed by atoms with van der Waals surface area (Å²) in [6.07, 6.45) is -1.08. The van der Waals surface area contributed by atoms with E-state index in [1.165, 1.54) is 40.1 Å². The fraction of sp³-hybridized carbons (Fsp3) is 0.429. The maximum atomic E-state index is 12.2. The van der Waals surface area contributed by atoms with Crippen molar-refractivity contribution in [2.24, 2.45) is 0 Å². The van der Waals surface area contributed by atoms with Gasteiger partial charge in [-0.05, 0) is 6.92 Å². The van der Waals surface area contributed by atoms with Gasteiger partial charge in [-0.15, -0.1) is 0 Å². The molecule has 23 heavy (non-hydrogen) atoms. The van der Waals surface area contributed by atoms with Crippen molar-refractivity contribution in [1.82, 2.24) is 4.90 Å². The van der Waals surface area contributed by atoms with E-state index >= 15 is 0 Å². The topological polar surface area (TPSA) is 108 Å². The largest absolute Gasteiger partial charge is 0.493 e. The van der Waals surface area contributed by atoms with Gasteiger partial charge in [-0.3, -0.25) is 14.9 Å². The molecule has 1 amide bonds. The second-order valence-electron chi connectivity index (χ2n) is 4.76. The van der Waals surface area contributed by atoms with Crippen molar-refractivity contribution < 1.29 is 28.7 Å². The number of rotatable bonds is 6. The predicted molar refractivity (Wildman–Crippen MR) is 79.8 cm³/mol. The Labute approximate surface area is 132 Å². The number of nitro benzene ring substituents is 1. The Bertz CT molecular complexity index is 628.